The van der Waals surface area contributed by atoms with E-state index in [2.05, 4.69) is 15.5 Å². The molecule has 0 saturated carbocycles. The van der Waals surface area contributed by atoms with Crippen molar-refractivity contribution in [3.63, 3.8) is 0 Å². The number of nitrogens with zero attached hydrogens (tertiary/aromatic N) is 3. The summed E-state index contributed by atoms with van der Waals surface area (Å²) in [5.41, 5.74) is 3.26. The Kier molecular flexibility index (Phi) is 5.55. The second-order valence-electron chi connectivity index (χ2n) is 7.23. The van der Waals surface area contributed by atoms with Gasteiger partial charge in [-0.3, -0.25) is 4.90 Å². The van der Waals surface area contributed by atoms with Crippen molar-refractivity contribution in [3.05, 3.63) is 89.3 Å². The molecule has 1 atom stereocenters. The first kappa shape index (κ1) is 20.5. The van der Waals surface area contributed by atoms with Crippen LogP contribution in [0, 0.1) is 0 Å². The lowest BCUT2D eigenvalue weighted by Gasteiger charge is -2.35. The van der Waals surface area contributed by atoms with Crippen molar-refractivity contribution < 1.29 is 9.32 Å². The lowest BCUT2D eigenvalue weighted by molar-refractivity contribution is 0.244. The van der Waals surface area contributed by atoms with E-state index in [-0.39, 0.29) is 6.03 Å². The molecule has 3 heterocycles. The highest BCUT2D eigenvalue weighted by Gasteiger charge is 2.36. The molecule has 2 aromatic heterocycles. The number of rotatable bonds is 5. The number of hydrogen-bond acceptors (Lipinski definition) is 6. The first-order valence-electron chi connectivity index (χ1n) is 10.0. The molecule has 2 aromatic carbocycles. The molecule has 0 fully saturated rings. The van der Waals surface area contributed by atoms with Crippen LogP contribution in [0.4, 0.5) is 10.5 Å². The van der Waals surface area contributed by atoms with Crippen LogP contribution in [-0.4, -0.2) is 22.4 Å². The van der Waals surface area contributed by atoms with Gasteiger partial charge >= 0.3 is 6.03 Å². The summed E-state index contributed by atoms with van der Waals surface area (Å²) < 4.78 is 5.72. The Hall–Kier alpha value is -3.36. The maximum Gasteiger partial charge on any atom is 0.326 e. The Morgan fingerprint density at radius 2 is 1.94 bits per heavy atom. The summed E-state index contributed by atoms with van der Waals surface area (Å²) in [7, 11) is 0. The van der Waals surface area contributed by atoms with Gasteiger partial charge in [0.25, 0.3) is 5.89 Å². The van der Waals surface area contributed by atoms with Crippen LogP contribution in [0.5, 0.6) is 0 Å². The van der Waals surface area contributed by atoms with Gasteiger partial charge in [0, 0.05) is 10.6 Å². The van der Waals surface area contributed by atoms with Crippen molar-refractivity contribution in [2.75, 3.05) is 11.2 Å². The summed E-state index contributed by atoms with van der Waals surface area (Å²) >= 11 is 3.18. The summed E-state index contributed by atoms with van der Waals surface area (Å²) in [5.74, 6) is 0.931. The summed E-state index contributed by atoms with van der Waals surface area (Å²) in [6.07, 6.45) is 2.01. The molecule has 1 N–H and O–H groups in total. The molecule has 1 unspecified atom stereocenters. The second kappa shape index (κ2) is 8.64. The largest absolute Gasteiger partial charge is 0.334 e. The highest BCUT2D eigenvalue weighted by molar-refractivity contribution is 7.98. The van der Waals surface area contributed by atoms with Crippen molar-refractivity contribution in [1.29, 1.82) is 0 Å². The van der Waals surface area contributed by atoms with Gasteiger partial charge in [0.2, 0.25) is 5.82 Å². The number of carbonyl (C=O) groups is 1. The van der Waals surface area contributed by atoms with Crippen LogP contribution in [0.1, 0.15) is 24.4 Å². The number of anilines is 1. The molecule has 160 valence electrons. The topological polar surface area (TPSA) is 71.3 Å². The van der Waals surface area contributed by atoms with E-state index in [4.69, 9.17) is 4.52 Å². The molecule has 6 nitrogen and oxygen atoms in total. The van der Waals surface area contributed by atoms with E-state index >= 15 is 0 Å². The van der Waals surface area contributed by atoms with E-state index in [0.717, 1.165) is 32.3 Å². The van der Waals surface area contributed by atoms with Gasteiger partial charge in [-0.2, -0.15) is 4.98 Å². The average molecular weight is 461 g/mol. The van der Waals surface area contributed by atoms with Gasteiger partial charge < -0.3 is 9.84 Å². The number of aromatic nitrogens is 2. The van der Waals surface area contributed by atoms with Gasteiger partial charge in [-0.25, -0.2) is 4.79 Å². The quantitative estimate of drug-likeness (QED) is 0.358. The normalized spacial score (nSPS) is 16.4. The van der Waals surface area contributed by atoms with Crippen molar-refractivity contribution in [2.24, 2.45) is 0 Å². The van der Waals surface area contributed by atoms with Crippen LogP contribution in [0.15, 0.2) is 87.2 Å². The molecule has 1 aliphatic rings. The Bertz CT molecular complexity index is 1280. The summed E-state index contributed by atoms with van der Waals surface area (Å²) in [6.45, 7) is 1.92. The van der Waals surface area contributed by atoms with Crippen LogP contribution < -0.4 is 10.2 Å². The van der Waals surface area contributed by atoms with E-state index in [9.17, 15) is 4.79 Å². The van der Waals surface area contributed by atoms with Crippen molar-refractivity contribution in [1.82, 2.24) is 15.5 Å². The molecule has 32 heavy (non-hydrogen) atoms. The first-order chi connectivity index (χ1) is 15.7. The highest BCUT2D eigenvalue weighted by atomic mass is 32.2. The third-order valence-electron chi connectivity index (χ3n) is 5.33. The molecule has 0 aliphatic carbocycles. The second-order valence-corrected chi connectivity index (χ2v) is 9.06. The third kappa shape index (κ3) is 3.72. The minimum Gasteiger partial charge on any atom is -0.334 e. The summed E-state index contributed by atoms with van der Waals surface area (Å²) in [6, 6.07) is 21.0. The number of allylic oxidation sites excluding steroid dienone is 1. The minimum absolute atomic E-state index is 0.198. The molecule has 1 aliphatic heterocycles. The monoisotopic (exact) mass is 460 g/mol. The number of urea groups is 1. The fraction of sp³-hybridized carbons (Fsp3) is 0.125. The average Bonchev–Trinajstić information content (AvgIpc) is 3.52. The Morgan fingerprint density at radius 1 is 1.09 bits per heavy atom. The Morgan fingerprint density at radius 3 is 2.69 bits per heavy atom. The summed E-state index contributed by atoms with van der Waals surface area (Å²) in [4.78, 5) is 21.6. The van der Waals surface area contributed by atoms with Crippen molar-refractivity contribution >= 4 is 40.4 Å². The molecule has 0 saturated heterocycles. The fourth-order valence-electron chi connectivity index (χ4n) is 3.81. The van der Waals surface area contributed by atoms with Gasteiger partial charge in [-0.1, -0.05) is 47.6 Å². The van der Waals surface area contributed by atoms with Gasteiger partial charge in [-0.05, 0) is 48.4 Å². The fourth-order valence-corrected chi connectivity index (χ4v) is 4.92. The van der Waals surface area contributed by atoms with E-state index < -0.39 is 6.04 Å². The van der Waals surface area contributed by atoms with Crippen molar-refractivity contribution in [2.45, 2.75) is 17.9 Å². The minimum atomic E-state index is -0.402. The molecule has 5 rings (SSSR count). The predicted octanol–water partition coefficient (Wildman–Crippen LogP) is 6.22. The van der Waals surface area contributed by atoms with E-state index in [1.165, 1.54) is 0 Å². The van der Waals surface area contributed by atoms with Gasteiger partial charge in [-0.15, -0.1) is 23.1 Å². The van der Waals surface area contributed by atoms with E-state index in [0.29, 0.717) is 11.7 Å². The number of nitrogens with one attached hydrogen (secondary N) is 1. The zero-order valence-electron chi connectivity index (χ0n) is 17.5. The maximum absolute atomic E-state index is 13.3. The Labute approximate surface area is 194 Å². The zero-order valence-corrected chi connectivity index (χ0v) is 19.1. The molecule has 4 aromatic rings. The number of benzene rings is 2. The van der Waals surface area contributed by atoms with Crippen LogP contribution in [0.25, 0.3) is 16.3 Å². The summed E-state index contributed by atoms with van der Waals surface area (Å²) in [5, 5.41) is 9.31. The van der Waals surface area contributed by atoms with E-state index in [1.807, 2.05) is 85.3 Å². The molecule has 0 bridgehead atoms. The molecule has 0 radical (unpaired) electrons. The van der Waals surface area contributed by atoms with Gasteiger partial charge in [0.15, 0.2) is 0 Å². The zero-order chi connectivity index (χ0) is 22.1. The molecular weight excluding hydrogens is 440 g/mol. The number of carbonyl (C=O) groups excluding carboxylic acids is 1. The Balaban J connectivity index is 1.66. The standard InChI is InChI=1S/C24H20N4O2S2/c1-15-20(23-26-22(27-30-23)19-12-7-13-32-19)21(16-8-4-3-5-9-16)25-24(29)28(15)17-10-6-11-18(14-17)31-2/h3-14,21H,1-2H3,(H,25,29). The lowest BCUT2D eigenvalue weighted by Crippen LogP contribution is -2.46. The predicted molar refractivity (Wildman–Crippen MR) is 129 cm³/mol. The van der Waals surface area contributed by atoms with Crippen LogP contribution >= 0.6 is 23.1 Å². The molecular formula is C24H20N4O2S2. The SMILES string of the molecule is CSc1cccc(N2C(=O)NC(c3ccccc3)C(c3nc(-c4cccs4)no3)=C2C)c1. The van der Waals surface area contributed by atoms with Crippen molar-refractivity contribution in [3.8, 4) is 10.7 Å². The maximum atomic E-state index is 13.3. The molecule has 2 amide bonds. The molecule has 8 heteroatoms. The van der Waals surface area contributed by atoms with Gasteiger partial charge in [0.05, 0.1) is 22.2 Å². The van der Waals surface area contributed by atoms with E-state index in [1.54, 1.807) is 28.0 Å². The highest BCUT2D eigenvalue weighted by Crippen LogP contribution is 2.39. The van der Waals surface area contributed by atoms with Crippen LogP contribution in [0.2, 0.25) is 0 Å². The lowest BCUT2D eigenvalue weighted by atomic mass is 9.94. The number of hydrogen-bond donors (Lipinski definition) is 1. The van der Waals surface area contributed by atoms with Gasteiger partial charge in [0.1, 0.15) is 0 Å². The third-order valence-corrected chi connectivity index (χ3v) is 6.92. The number of amides is 2. The number of thioether (sulfide) groups is 1. The first-order valence-corrected chi connectivity index (χ1v) is 12.1. The van der Waals surface area contributed by atoms with Crippen LogP contribution in [0.3, 0.4) is 0 Å². The number of thiophene rings is 1. The smallest absolute Gasteiger partial charge is 0.326 e. The molecule has 0 spiro atoms. The van der Waals surface area contributed by atoms with Crippen LogP contribution in [-0.2, 0) is 0 Å².